The van der Waals surface area contributed by atoms with Crippen molar-refractivity contribution in [3.05, 3.63) is 71.8 Å². The van der Waals surface area contributed by atoms with Gasteiger partial charge in [0.2, 0.25) is 0 Å². The number of hydrogen-bond acceptors (Lipinski definition) is 5. The minimum atomic E-state index is -0.485. The van der Waals surface area contributed by atoms with Gasteiger partial charge in [-0.15, -0.1) is 0 Å². The quantitative estimate of drug-likeness (QED) is 0.628. The largest absolute Gasteiger partial charge is 0.461 e. The summed E-state index contributed by atoms with van der Waals surface area (Å²) < 4.78 is 10.4. The average Bonchev–Trinajstić information content (AvgIpc) is 2.71. The van der Waals surface area contributed by atoms with Gasteiger partial charge in [0, 0.05) is 13.0 Å². The first-order valence-electron chi connectivity index (χ1n) is 9.01. The Kier molecular flexibility index (Phi) is 8.86. The van der Waals surface area contributed by atoms with Crippen LogP contribution in [0.15, 0.2) is 60.7 Å². The van der Waals surface area contributed by atoms with Crippen LogP contribution in [0.25, 0.3) is 0 Å². The molecule has 0 bridgehead atoms. The number of amides is 1. The summed E-state index contributed by atoms with van der Waals surface area (Å²) >= 11 is 0. The number of benzene rings is 2. The van der Waals surface area contributed by atoms with Gasteiger partial charge in [-0.1, -0.05) is 60.7 Å². The molecule has 2 aromatic rings. The summed E-state index contributed by atoms with van der Waals surface area (Å²) in [5, 5.41) is 2.68. The summed E-state index contributed by atoms with van der Waals surface area (Å²) in [5.41, 5.74) is 7.60. The third kappa shape index (κ3) is 8.37. The molecule has 27 heavy (non-hydrogen) atoms. The van der Waals surface area contributed by atoms with E-state index in [0.29, 0.717) is 19.5 Å². The van der Waals surface area contributed by atoms with Gasteiger partial charge in [0.25, 0.3) is 0 Å². The fourth-order valence-corrected chi connectivity index (χ4v) is 2.49. The molecule has 1 amide bonds. The first-order valence-corrected chi connectivity index (χ1v) is 9.01. The highest BCUT2D eigenvalue weighted by Gasteiger charge is 2.14. The molecule has 2 rings (SSSR count). The molecule has 0 heterocycles. The molecule has 0 aliphatic rings. The Bertz CT molecular complexity index is 692. The van der Waals surface area contributed by atoms with E-state index >= 15 is 0 Å². The molecule has 3 N–H and O–H groups in total. The Morgan fingerprint density at radius 3 is 2.00 bits per heavy atom. The summed E-state index contributed by atoms with van der Waals surface area (Å²) in [5.74, 6) is -0.344. The standard InChI is InChI=1S/C21H26N2O4/c22-14-19(13-20(24)26-15-17-7-3-1-4-8-17)11-12-23-21(25)27-16-18-9-5-2-6-10-18/h1-10,19H,11-16,22H2,(H,23,25)/t19-/m1/s1. The van der Waals surface area contributed by atoms with Crippen molar-refractivity contribution in [2.75, 3.05) is 13.1 Å². The Balaban J connectivity index is 1.61. The van der Waals surface area contributed by atoms with Crippen molar-refractivity contribution in [2.45, 2.75) is 26.1 Å². The van der Waals surface area contributed by atoms with Gasteiger partial charge in [-0.05, 0) is 30.0 Å². The molecule has 0 aromatic heterocycles. The number of carbonyl (C=O) groups excluding carboxylic acids is 2. The van der Waals surface area contributed by atoms with Crippen LogP contribution < -0.4 is 11.1 Å². The zero-order chi connectivity index (χ0) is 19.3. The average molecular weight is 370 g/mol. The monoisotopic (exact) mass is 370 g/mol. The van der Waals surface area contributed by atoms with E-state index in [2.05, 4.69) is 5.32 Å². The lowest BCUT2D eigenvalue weighted by Crippen LogP contribution is -2.29. The summed E-state index contributed by atoms with van der Waals surface area (Å²) in [6.07, 6.45) is 0.322. The zero-order valence-electron chi connectivity index (χ0n) is 15.3. The molecule has 1 atom stereocenters. The van der Waals surface area contributed by atoms with E-state index in [1.807, 2.05) is 60.7 Å². The maximum Gasteiger partial charge on any atom is 0.407 e. The second kappa shape index (κ2) is 11.7. The summed E-state index contributed by atoms with van der Waals surface area (Å²) in [6, 6.07) is 19.0. The third-order valence-corrected chi connectivity index (χ3v) is 4.07. The summed E-state index contributed by atoms with van der Waals surface area (Å²) in [7, 11) is 0. The van der Waals surface area contributed by atoms with Crippen LogP contribution in [0.3, 0.4) is 0 Å². The molecule has 0 aliphatic carbocycles. The van der Waals surface area contributed by atoms with Crippen molar-refractivity contribution in [2.24, 2.45) is 11.7 Å². The maximum atomic E-state index is 12.0. The molecular weight excluding hydrogens is 344 g/mol. The van der Waals surface area contributed by atoms with Crippen LogP contribution in [-0.4, -0.2) is 25.2 Å². The molecule has 6 heteroatoms. The van der Waals surface area contributed by atoms with E-state index in [4.69, 9.17) is 15.2 Å². The van der Waals surface area contributed by atoms with E-state index < -0.39 is 6.09 Å². The number of nitrogens with one attached hydrogen (secondary N) is 1. The summed E-state index contributed by atoms with van der Waals surface area (Å²) in [4.78, 5) is 23.7. The lowest BCUT2D eigenvalue weighted by atomic mass is 10.0. The molecule has 0 fully saturated rings. The Morgan fingerprint density at radius 1 is 0.889 bits per heavy atom. The van der Waals surface area contributed by atoms with Crippen LogP contribution in [-0.2, 0) is 27.5 Å². The minimum Gasteiger partial charge on any atom is -0.461 e. The van der Waals surface area contributed by atoms with Crippen LogP contribution in [0.1, 0.15) is 24.0 Å². The molecule has 0 saturated carbocycles. The third-order valence-electron chi connectivity index (χ3n) is 4.07. The van der Waals surface area contributed by atoms with Crippen molar-refractivity contribution >= 4 is 12.1 Å². The van der Waals surface area contributed by atoms with Gasteiger partial charge < -0.3 is 20.5 Å². The molecule has 0 aliphatic heterocycles. The minimum absolute atomic E-state index is 0.0531. The van der Waals surface area contributed by atoms with Gasteiger partial charge in [-0.25, -0.2) is 4.79 Å². The van der Waals surface area contributed by atoms with Crippen molar-refractivity contribution in [3.8, 4) is 0 Å². The molecular formula is C21H26N2O4. The first-order chi connectivity index (χ1) is 13.2. The highest BCUT2D eigenvalue weighted by Crippen LogP contribution is 2.09. The fourth-order valence-electron chi connectivity index (χ4n) is 2.49. The highest BCUT2D eigenvalue weighted by molar-refractivity contribution is 5.69. The van der Waals surface area contributed by atoms with Gasteiger partial charge in [-0.3, -0.25) is 4.79 Å². The smallest absolute Gasteiger partial charge is 0.407 e. The second-order valence-corrected chi connectivity index (χ2v) is 6.23. The van der Waals surface area contributed by atoms with Gasteiger partial charge >= 0.3 is 12.1 Å². The van der Waals surface area contributed by atoms with Gasteiger partial charge in [0.15, 0.2) is 0 Å². The lowest BCUT2D eigenvalue weighted by Gasteiger charge is -2.14. The predicted octanol–water partition coefficient (Wildman–Crippen LogP) is 3.01. The van der Waals surface area contributed by atoms with Crippen molar-refractivity contribution in [3.63, 3.8) is 0 Å². The number of nitrogens with two attached hydrogens (primary N) is 1. The van der Waals surface area contributed by atoms with Crippen LogP contribution >= 0.6 is 0 Å². The van der Waals surface area contributed by atoms with E-state index in [-0.39, 0.29) is 31.5 Å². The SMILES string of the molecule is NC[C@H](CCNC(=O)OCc1ccccc1)CC(=O)OCc1ccccc1. The molecule has 0 radical (unpaired) electrons. The van der Waals surface area contributed by atoms with E-state index in [1.165, 1.54) is 0 Å². The van der Waals surface area contributed by atoms with E-state index in [9.17, 15) is 9.59 Å². The summed E-state index contributed by atoms with van der Waals surface area (Å²) in [6.45, 7) is 1.21. The van der Waals surface area contributed by atoms with Gasteiger partial charge in [-0.2, -0.15) is 0 Å². The number of hydrogen-bond donors (Lipinski definition) is 2. The molecule has 2 aromatic carbocycles. The Morgan fingerprint density at radius 2 is 1.44 bits per heavy atom. The van der Waals surface area contributed by atoms with Crippen molar-refractivity contribution in [1.29, 1.82) is 0 Å². The van der Waals surface area contributed by atoms with E-state index in [1.54, 1.807) is 0 Å². The Hall–Kier alpha value is -2.86. The van der Waals surface area contributed by atoms with Crippen LogP contribution in [0, 0.1) is 5.92 Å². The number of esters is 1. The number of ether oxygens (including phenoxy) is 2. The van der Waals surface area contributed by atoms with E-state index in [0.717, 1.165) is 11.1 Å². The molecule has 0 saturated heterocycles. The van der Waals surface area contributed by atoms with Gasteiger partial charge in [0.05, 0.1) is 0 Å². The van der Waals surface area contributed by atoms with Crippen molar-refractivity contribution in [1.82, 2.24) is 5.32 Å². The zero-order valence-corrected chi connectivity index (χ0v) is 15.3. The highest BCUT2D eigenvalue weighted by atomic mass is 16.5. The van der Waals surface area contributed by atoms with Crippen LogP contribution in [0.5, 0.6) is 0 Å². The number of rotatable bonds is 10. The number of carbonyl (C=O) groups is 2. The molecule has 0 spiro atoms. The predicted molar refractivity (Wildman–Crippen MR) is 103 cm³/mol. The van der Waals surface area contributed by atoms with Crippen LogP contribution in [0.2, 0.25) is 0 Å². The molecule has 0 unspecified atom stereocenters. The first kappa shape index (κ1) is 20.5. The normalized spacial score (nSPS) is 11.4. The van der Waals surface area contributed by atoms with Gasteiger partial charge in [0.1, 0.15) is 13.2 Å². The Labute approximate surface area is 159 Å². The lowest BCUT2D eigenvalue weighted by molar-refractivity contribution is -0.146. The van der Waals surface area contributed by atoms with Crippen LogP contribution in [0.4, 0.5) is 4.79 Å². The number of alkyl carbamates (subject to hydrolysis) is 1. The molecule has 144 valence electrons. The maximum absolute atomic E-state index is 12.0. The topological polar surface area (TPSA) is 90.6 Å². The van der Waals surface area contributed by atoms with Crippen molar-refractivity contribution < 1.29 is 19.1 Å². The fraction of sp³-hybridized carbons (Fsp3) is 0.333. The second-order valence-electron chi connectivity index (χ2n) is 6.23. The molecule has 6 nitrogen and oxygen atoms in total.